The fourth-order valence-electron chi connectivity index (χ4n) is 2.72. The average molecular weight is 268 g/mol. The van der Waals surface area contributed by atoms with E-state index in [1.807, 2.05) is 0 Å². The van der Waals surface area contributed by atoms with Crippen LogP contribution in [0.15, 0.2) is 0 Å². The van der Waals surface area contributed by atoms with Crippen LogP contribution in [0.3, 0.4) is 0 Å². The average Bonchev–Trinajstić information content (AvgIpc) is 2.85. The van der Waals surface area contributed by atoms with E-state index in [4.69, 9.17) is 0 Å². The molecule has 4 amide bonds. The zero-order chi connectivity index (χ0) is 14.0. The summed E-state index contributed by atoms with van der Waals surface area (Å²) in [6.45, 7) is 0.131. The van der Waals surface area contributed by atoms with Crippen LogP contribution in [0.5, 0.6) is 0 Å². The van der Waals surface area contributed by atoms with Crippen LogP contribution < -0.4 is 10.7 Å². The van der Waals surface area contributed by atoms with Crippen LogP contribution in [-0.2, 0) is 9.59 Å². The van der Waals surface area contributed by atoms with Gasteiger partial charge in [-0.05, 0) is 12.8 Å². The minimum absolute atomic E-state index is 0.118. The lowest BCUT2D eigenvalue weighted by molar-refractivity contribution is -0.131. The maximum atomic E-state index is 12.3. The Balaban J connectivity index is 1.92. The van der Waals surface area contributed by atoms with Gasteiger partial charge in [-0.1, -0.05) is 12.8 Å². The van der Waals surface area contributed by atoms with E-state index in [2.05, 4.69) is 10.7 Å². The second kappa shape index (κ2) is 5.16. The summed E-state index contributed by atoms with van der Waals surface area (Å²) in [6.07, 6.45) is 3.45. The number of rotatable bonds is 4. The summed E-state index contributed by atoms with van der Waals surface area (Å²) in [5.74, 6) is -0.384. The second-order valence-electron chi connectivity index (χ2n) is 5.36. The normalized spacial score (nSPS) is 21.3. The number of hydrogen-bond acceptors (Lipinski definition) is 4. The lowest BCUT2D eigenvalue weighted by Crippen LogP contribution is -2.44. The molecule has 7 heteroatoms. The molecule has 0 atom stereocenters. The highest BCUT2D eigenvalue weighted by molar-refractivity contribution is 6.07. The number of amides is 4. The maximum Gasteiger partial charge on any atom is 0.325 e. The molecule has 1 spiro atoms. The molecule has 1 saturated heterocycles. The molecule has 2 aliphatic rings. The second-order valence-corrected chi connectivity index (χ2v) is 5.36. The van der Waals surface area contributed by atoms with Crippen molar-refractivity contribution < 1.29 is 14.4 Å². The zero-order valence-corrected chi connectivity index (χ0v) is 11.4. The van der Waals surface area contributed by atoms with Crippen LogP contribution in [0, 0.1) is 0 Å². The van der Waals surface area contributed by atoms with Crippen molar-refractivity contribution in [1.82, 2.24) is 20.7 Å². The van der Waals surface area contributed by atoms with Crippen molar-refractivity contribution in [3.63, 3.8) is 0 Å². The molecule has 0 unspecified atom stereocenters. The van der Waals surface area contributed by atoms with E-state index < -0.39 is 5.54 Å². The number of imide groups is 1. The smallest absolute Gasteiger partial charge is 0.323 e. The SMILES string of the molecule is CN(C)NC(=O)CCN1C(=O)NC2(CCCC2)C1=O. The van der Waals surface area contributed by atoms with Gasteiger partial charge in [0.25, 0.3) is 5.91 Å². The van der Waals surface area contributed by atoms with E-state index >= 15 is 0 Å². The van der Waals surface area contributed by atoms with E-state index in [0.29, 0.717) is 12.8 Å². The van der Waals surface area contributed by atoms with Crippen molar-refractivity contribution in [1.29, 1.82) is 0 Å². The summed E-state index contributed by atoms with van der Waals surface area (Å²) in [7, 11) is 3.41. The lowest BCUT2D eigenvalue weighted by atomic mass is 9.98. The summed E-state index contributed by atoms with van der Waals surface area (Å²) in [5, 5.41) is 4.32. The maximum absolute atomic E-state index is 12.3. The number of nitrogens with one attached hydrogen (secondary N) is 2. The number of urea groups is 1. The predicted octanol–water partition coefficient (Wildman–Crippen LogP) is -0.166. The molecule has 19 heavy (non-hydrogen) atoms. The molecule has 1 saturated carbocycles. The molecule has 106 valence electrons. The first-order valence-corrected chi connectivity index (χ1v) is 6.55. The molecule has 1 aliphatic heterocycles. The van der Waals surface area contributed by atoms with Crippen molar-refractivity contribution in [2.24, 2.45) is 0 Å². The monoisotopic (exact) mass is 268 g/mol. The van der Waals surface area contributed by atoms with E-state index in [9.17, 15) is 14.4 Å². The third-order valence-electron chi connectivity index (χ3n) is 3.61. The van der Waals surface area contributed by atoms with Gasteiger partial charge in [-0.15, -0.1) is 0 Å². The number of nitrogens with zero attached hydrogens (tertiary/aromatic N) is 2. The predicted molar refractivity (Wildman–Crippen MR) is 67.9 cm³/mol. The molecule has 0 aromatic carbocycles. The van der Waals surface area contributed by atoms with Crippen molar-refractivity contribution >= 4 is 17.8 Å². The standard InChI is InChI=1S/C12H20N4O3/c1-15(2)14-9(17)5-8-16-10(18)12(13-11(16)19)6-3-4-7-12/h3-8H2,1-2H3,(H,13,19)(H,14,17). The third kappa shape index (κ3) is 2.70. The van der Waals surface area contributed by atoms with Crippen LogP contribution in [-0.4, -0.2) is 53.9 Å². The summed E-state index contributed by atoms with van der Waals surface area (Å²) in [4.78, 5) is 36.8. The highest BCUT2D eigenvalue weighted by Gasteiger charge is 2.52. The van der Waals surface area contributed by atoms with Crippen molar-refractivity contribution in [3.8, 4) is 0 Å². The summed E-state index contributed by atoms with van der Waals surface area (Å²) in [6, 6.07) is -0.371. The molecule has 0 radical (unpaired) electrons. The van der Waals surface area contributed by atoms with Crippen LogP contribution in [0.2, 0.25) is 0 Å². The highest BCUT2D eigenvalue weighted by atomic mass is 16.2. The lowest BCUT2D eigenvalue weighted by Gasteiger charge is -2.20. The first kappa shape index (κ1) is 13.8. The van der Waals surface area contributed by atoms with Crippen LogP contribution in [0.25, 0.3) is 0 Å². The Labute approximate surface area is 112 Å². The Hall–Kier alpha value is -1.63. The van der Waals surface area contributed by atoms with Gasteiger partial charge in [0.05, 0.1) is 0 Å². The fraction of sp³-hybridized carbons (Fsp3) is 0.750. The quantitative estimate of drug-likeness (QED) is 0.548. The summed E-state index contributed by atoms with van der Waals surface area (Å²) >= 11 is 0. The molecule has 2 rings (SSSR count). The van der Waals surface area contributed by atoms with Crippen LogP contribution >= 0.6 is 0 Å². The minimum atomic E-state index is -0.685. The topological polar surface area (TPSA) is 81.8 Å². The van der Waals surface area contributed by atoms with Crippen LogP contribution in [0.1, 0.15) is 32.1 Å². The van der Waals surface area contributed by atoms with Gasteiger partial charge in [0.1, 0.15) is 5.54 Å². The number of hydrazine groups is 1. The Morgan fingerprint density at radius 2 is 2.00 bits per heavy atom. The Morgan fingerprint density at radius 1 is 1.37 bits per heavy atom. The van der Waals surface area contributed by atoms with Crippen molar-refractivity contribution in [2.45, 2.75) is 37.6 Å². The summed E-state index contributed by atoms with van der Waals surface area (Å²) in [5.41, 5.74) is 1.90. The molecule has 0 bridgehead atoms. The summed E-state index contributed by atoms with van der Waals surface area (Å²) < 4.78 is 0. The molecule has 1 aliphatic carbocycles. The Morgan fingerprint density at radius 3 is 2.58 bits per heavy atom. The third-order valence-corrected chi connectivity index (χ3v) is 3.61. The molecule has 0 aromatic heterocycles. The minimum Gasteiger partial charge on any atom is -0.323 e. The van der Waals surface area contributed by atoms with E-state index in [0.717, 1.165) is 12.8 Å². The highest BCUT2D eigenvalue weighted by Crippen LogP contribution is 2.34. The van der Waals surface area contributed by atoms with Gasteiger partial charge in [-0.2, -0.15) is 0 Å². The van der Waals surface area contributed by atoms with Crippen molar-refractivity contribution in [3.05, 3.63) is 0 Å². The van der Waals surface area contributed by atoms with Gasteiger partial charge in [0.15, 0.2) is 0 Å². The molecule has 2 N–H and O–H groups in total. The molecule has 7 nitrogen and oxygen atoms in total. The molecule has 1 heterocycles. The van der Waals surface area contributed by atoms with Gasteiger partial charge < -0.3 is 5.32 Å². The first-order valence-electron chi connectivity index (χ1n) is 6.55. The largest absolute Gasteiger partial charge is 0.325 e. The Bertz CT molecular complexity index is 402. The number of hydrogen-bond donors (Lipinski definition) is 2. The Kier molecular flexibility index (Phi) is 3.75. The van der Waals surface area contributed by atoms with Gasteiger partial charge in [-0.25, -0.2) is 9.80 Å². The fourth-order valence-corrected chi connectivity index (χ4v) is 2.72. The number of carbonyl (C=O) groups excluding carboxylic acids is 3. The van der Waals surface area contributed by atoms with Gasteiger partial charge in [0.2, 0.25) is 5.91 Å². The van der Waals surface area contributed by atoms with E-state index in [-0.39, 0.29) is 30.8 Å². The molecular weight excluding hydrogens is 248 g/mol. The molecule has 0 aromatic rings. The van der Waals surface area contributed by atoms with Crippen LogP contribution in [0.4, 0.5) is 4.79 Å². The van der Waals surface area contributed by atoms with Gasteiger partial charge in [-0.3, -0.25) is 19.9 Å². The zero-order valence-electron chi connectivity index (χ0n) is 11.4. The number of carbonyl (C=O) groups is 3. The van der Waals surface area contributed by atoms with Crippen molar-refractivity contribution in [2.75, 3.05) is 20.6 Å². The molecular formula is C12H20N4O3. The van der Waals surface area contributed by atoms with Gasteiger partial charge in [0, 0.05) is 27.1 Å². The molecule has 2 fully saturated rings. The van der Waals surface area contributed by atoms with Gasteiger partial charge >= 0.3 is 6.03 Å². The van der Waals surface area contributed by atoms with E-state index in [1.54, 1.807) is 14.1 Å². The first-order chi connectivity index (χ1) is 8.94. The van der Waals surface area contributed by atoms with E-state index in [1.165, 1.54) is 9.91 Å².